The highest BCUT2D eigenvalue weighted by Crippen LogP contribution is 2.52. The third-order valence-corrected chi connectivity index (χ3v) is 7.29. The number of carbonyl (C=O) groups excluding carboxylic acids is 1. The van der Waals surface area contributed by atoms with E-state index in [1.165, 1.54) is 13.2 Å². The van der Waals surface area contributed by atoms with E-state index in [0.29, 0.717) is 43.0 Å². The van der Waals surface area contributed by atoms with Gasteiger partial charge in [-0.25, -0.2) is 13.4 Å². The molecule has 1 N–H and O–H groups in total. The first-order chi connectivity index (χ1) is 17.4. The van der Waals surface area contributed by atoms with Gasteiger partial charge in [-0.1, -0.05) is 37.4 Å². The number of unbranched alkanes of at least 4 members (excludes halogenated alkanes) is 2. The molecule has 8 nitrogen and oxygen atoms in total. The van der Waals surface area contributed by atoms with Crippen LogP contribution in [0.5, 0.6) is 17.4 Å². The maximum atomic E-state index is 13.0. The fraction of sp³-hybridized carbons (Fsp3) is 0.500. The molecular weight excluding hydrogens is 537 g/mol. The number of halogens is 4. The minimum absolute atomic E-state index is 0.135. The zero-order chi connectivity index (χ0) is 27.2. The molecule has 1 amide bonds. The van der Waals surface area contributed by atoms with Crippen molar-refractivity contribution >= 4 is 27.5 Å². The number of ether oxygens (including phenoxy) is 3. The van der Waals surface area contributed by atoms with Gasteiger partial charge >= 0.3 is 6.18 Å². The Morgan fingerprint density at radius 3 is 2.62 bits per heavy atom. The van der Waals surface area contributed by atoms with E-state index in [1.807, 2.05) is 6.92 Å². The standard InChI is InChI=1S/C24H28ClF3N2O6S/c1-3-4-5-10-37(32,33)30-22(31)19-13-18(19)17-7-6-16(35-9-8-34-2)12-21(17)36-23-20(25)11-15(14-29-23)24(26,27)28/h6-7,11-12,14,18-19H,3-5,8-10,13H2,1-2H3,(H,30,31)/t18-,19+/m0/s1. The van der Waals surface area contributed by atoms with Gasteiger partial charge in [0.25, 0.3) is 0 Å². The molecule has 1 saturated carbocycles. The average Bonchev–Trinajstić information content (AvgIpc) is 3.61. The Morgan fingerprint density at radius 2 is 1.97 bits per heavy atom. The van der Waals surface area contributed by atoms with Crippen LogP contribution in [0.15, 0.2) is 30.5 Å². The van der Waals surface area contributed by atoms with Crippen molar-refractivity contribution in [2.24, 2.45) is 5.92 Å². The van der Waals surface area contributed by atoms with Gasteiger partial charge in [0.2, 0.25) is 21.8 Å². The summed E-state index contributed by atoms with van der Waals surface area (Å²) >= 11 is 6.01. The van der Waals surface area contributed by atoms with Crippen LogP contribution in [-0.2, 0) is 25.7 Å². The van der Waals surface area contributed by atoms with Gasteiger partial charge < -0.3 is 14.2 Å². The number of sulfonamides is 1. The van der Waals surface area contributed by atoms with Gasteiger partial charge in [-0.05, 0) is 36.5 Å². The van der Waals surface area contributed by atoms with Crippen LogP contribution < -0.4 is 14.2 Å². The van der Waals surface area contributed by atoms with Crippen LogP contribution in [0.25, 0.3) is 0 Å². The number of rotatable bonds is 13. The number of hydrogen-bond donors (Lipinski definition) is 1. The molecule has 1 fully saturated rings. The second-order valence-electron chi connectivity index (χ2n) is 8.59. The van der Waals surface area contributed by atoms with Gasteiger partial charge in [0, 0.05) is 25.3 Å². The number of benzene rings is 1. The normalized spacial score (nSPS) is 17.4. The number of pyridine rings is 1. The van der Waals surface area contributed by atoms with E-state index < -0.39 is 33.6 Å². The Hall–Kier alpha value is -2.57. The monoisotopic (exact) mass is 564 g/mol. The second kappa shape index (κ2) is 12.3. The quantitative estimate of drug-likeness (QED) is 0.329. The molecule has 0 aliphatic heterocycles. The summed E-state index contributed by atoms with van der Waals surface area (Å²) in [6, 6.07) is 5.52. The van der Waals surface area contributed by atoms with Gasteiger partial charge in [-0.15, -0.1) is 0 Å². The zero-order valence-corrected chi connectivity index (χ0v) is 21.9. The van der Waals surface area contributed by atoms with Gasteiger partial charge in [-0.2, -0.15) is 13.2 Å². The molecular formula is C24H28ClF3N2O6S. The molecule has 2 atom stereocenters. The van der Waals surface area contributed by atoms with Gasteiger partial charge in [0.1, 0.15) is 23.1 Å². The lowest BCUT2D eigenvalue weighted by molar-refractivity contribution is -0.137. The number of nitrogens with zero attached hydrogens (tertiary/aromatic N) is 1. The predicted octanol–water partition coefficient (Wildman–Crippen LogP) is 5.31. The average molecular weight is 565 g/mol. The fourth-order valence-corrected chi connectivity index (χ4v) is 5.00. The maximum Gasteiger partial charge on any atom is 0.417 e. The zero-order valence-electron chi connectivity index (χ0n) is 20.3. The smallest absolute Gasteiger partial charge is 0.417 e. The Bertz CT molecular complexity index is 1210. The van der Waals surface area contributed by atoms with Crippen molar-refractivity contribution in [1.82, 2.24) is 9.71 Å². The van der Waals surface area contributed by atoms with Crippen LogP contribution in [0.1, 0.15) is 49.7 Å². The Morgan fingerprint density at radius 1 is 1.22 bits per heavy atom. The lowest BCUT2D eigenvalue weighted by Gasteiger charge is -2.15. The number of aromatic nitrogens is 1. The number of alkyl halides is 3. The molecule has 204 valence electrons. The first kappa shape index (κ1) is 29.0. The Kier molecular flexibility index (Phi) is 9.65. The van der Waals surface area contributed by atoms with Gasteiger partial charge in [0.15, 0.2) is 0 Å². The first-order valence-electron chi connectivity index (χ1n) is 11.7. The number of nitrogens with one attached hydrogen (secondary N) is 1. The SMILES string of the molecule is CCCCCS(=O)(=O)NC(=O)[C@@H]1C[C@H]1c1ccc(OCCOC)cc1Oc1ncc(C(F)(F)F)cc1Cl. The van der Waals surface area contributed by atoms with Crippen molar-refractivity contribution < 1.29 is 40.6 Å². The van der Waals surface area contributed by atoms with Crippen LogP contribution >= 0.6 is 11.6 Å². The minimum atomic E-state index is -4.62. The summed E-state index contributed by atoms with van der Waals surface area (Å²) < 4.78 is 81.8. The molecule has 2 aromatic rings. The number of hydrogen-bond acceptors (Lipinski definition) is 7. The topological polar surface area (TPSA) is 104 Å². The molecule has 0 radical (unpaired) electrons. The van der Waals surface area contributed by atoms with Crippen LogP contribution in [0, 0.1) is 5.92 Å². The van der Waals surface area contributed by atoms with E-state index in [2.05, 4.69) is 9.71 Å². The van der Waals surface area contributed by atoms with Crippen LogP contribution in [-0.4, -0.2) is 45.4 Å². The Balaban J connectivity index is 1.81. The molecule has 1 aliphatic rings. The van der Waals surface area contributed by atoms with Crippen molar-refractivity contribution in [2.45, 2.75) is 44.7 Å². The van der Waals surface area contributed by atoms with Crippen LogP contribution in [0.4, 0.5) is 13.2 Å². The summed E-state index contributed by atoms with van der Waals surface area (Å²) in [6.07, 6.45) is -1.61. The molecule has 1 aromatic carbocycles. The van der Waals surface area contributed by atoms with E-state index in [0.717, 1.165) is 12.8 Å². The van der Waals surface area contributed by atoms with Crippen molar-refractivity contribution in [1.29, 1.82) is 0 Å². The van der Waals surface area contributed by atoms with E-state index in [1.54, 1.807) is 12.1 Å². The highest BCUT2D eigenvalue weighted by molar-refractivity contribution is 7.90. The summed E-state index contributed by atoms with van der Waals surface area (Å²) in [4.78, 5) is 16.3. The largest absolute Gasteiger partial charge is 0.491 e. The summed E-state index contributed by atoms with van der Waals surface area (Å²) in [7, 11) is -2.23. The fourth-order valence-electron chi connectivity index (χ4n) is 3.65. The van der Waals surface area contributed by atoms with Crippen molar-refractivity contribution in [3.63, 3.8) is 0 Å². The second-order valence-corrected chi connectivity index (χ2v) is 10.8. The molecule has 1 heterocycles. The number of amides is 1. The van der Waals surface area contributed by atoms with Crippen LogP contribution in [0.2, 0.25) is 5.02 Å². The highest BCUT2D eigenvalue weighted by Gasteiger charge is 2.46. The summed E-state index contributed by atoms with van der Waals surface area (Å²) in [5, 5.41) is -0.352. The van der Waals surface area contributed by atoms with Crippen molar-refractivity contribution in [3.05, 3.63) is 46.6 Å². The summed E-state index contributed by atoms with van der Waals surface area (Å²) in [5.41, 5.74) is -0.485. The molecule has 0 spiro atoms. The van der Waals surface area contributed by atoms with Crippen molar-refractivity contribution in [2.75, 3.05) is 26.1 Å². The molecule has 0 bridgehead atoms. The van der Waals surface area contributed by atoms with Crippen molar-refractivity contribution in [3.8, 4) is 17.4 Å². The molecule has 0 saturated heterocycles. The summed E-state index contributed by atoms with van der Waals surface area (Å²) in [6.45, 7) is 2.50. The van der Waals surface area contributed by atoms with E-state index >= 15 is 0 Å². The lowest BCUT2D eigenvalue weighted by Crippen LogP contribution is -2.33. The molecule has 3 rings (SSSR count). The molecule has 0 unspecified atom stereocenters. The van der Waals surface area contributed by atoms with Gasteiger partial charge in [-0.3, -0.25) is 9.52 Å². The minimum Gasteiger partial charge on any atom is -0.491 e. The van der Waals surface area contributed by atoms with Crippen LogP contribution in [0.3, 0.4) is 0 Å². The number of methoxy groups -OCH3 is 1. The highest BCUT2D eigenvalue weighted by atomic mass is 35.5. The maximum absolute atomic E-state index is 13.0. The predicted molar refractivity (Wildman–Crippen MR) is 130 cm³/mol. The van der Waals surface area contributed by atoms with Gasteiger partial charge in [0.05, 0.1) is 17.9 Å². The van der Waals surface area contributed by atoms with E-state index in [-0.39, 0.29) is 34.9 Å². The molecule has 37 heavy (non-hydrogen) atoms. The first-order valence-corrected chi connectivity index (χ1v) is 13.7. The lowest BCUT2D eigenvalue weighted by atomic mass is 10.1. The molecule has 13 heteroatoms. The van der Waals surface area contributed by atoms with E-state index in [4.69, 9.17) is 25.8 Å². The third-order valence-electron chi connectivity index (χ3n) is 5.68. The third kappa shape index (κ3) is 8.21. The molecule has 1 aliphatic carbocycles. The summed E-state index contributed by atoms with van der Waals surface area (Å²) in [5.74, 6) is -1.43. The number of carbonyl (C=O) groups is 1. The van der Waals surface area contributed by atoms with E-state index in [9.17, 15) is 26.4 Å². The Labute approximate surface area is 218 Å². The molecule has 1 aromatic heterocycles.